The summed E-state index contributed by atoms with van der Waals surface area (Å²) in [5.41, 5.74) is 2.08. The first-order valence-electron chi connectivity index (χ1n) is 7.35. The Morgan fingerprint density at radius 2 is 2.28 bits per heavy atom. The molecule has 8 heteroatoms. The maximum absolute atomic E-state index is 12.0. The van der Waals surface area contributed by atoms with Crippen LogP contribution >= 0.6 is 11.3 Å². The molecule has 0 aromatic carbocycles. The first-order valence-corrected chi connectivity index (χ1v) is 8.23. The Balaban J connectivity index is 1.63. The lowest BCUT2D eigenvalue weighted by atomic mass is 10.2. The molecule has 0 saturated heterocycles. The van der Waals surface area contributed by atoms with Crippen molar-refractivity contribution in [1.82, 2.24) is 20.3 Å². The summed E-state index contributed by atoms with van der Waals surface area (Å²) in [7, 11) is 0. The fourth-order valence-corrected chi connectivity index (χ4v) is 2.93. The first kappa shape index (κ1) is 16.5. The molecule has 0 saturated carbocycles. The third kappa shape index (κ3) is 4.16. The molecule has 1 amide bonds. The maximum atomic E-state index is 12.0. The van der Waals surface area contributed by atoms with E-state index in [0.717, 1.165) is 5.56 Å². The van der Waals surface area contributed by atoms with Crippen LogP contribution in [0.5, 0.6) is 5.75 Å². The number of pyridine rings is 2. The molecule has 3 rings (SSSR count). The minimum atomic E-state index is -0.155. The molecule has 0 fully saturated rings. The Kier molecular flexibility index (Phi) is 4.97. The van der Waals surface area contributed by atoms with Crippen LogP contribution in [-0.2, 0) is 17.8 Å². The van der Waals surface area contributed by atoms with Gasteiger partial charge < -0.3 is 10.4 Å². The lowest BCUT2D eigenvalue weighted by molar-refractivity contribution is -0.120. The molecular weight excluding hydrogens is 338 g/mol. The Labute approximate surface area is 147 Å². The largest absolute Gasteiger partial charge is 0.506 e. The van der Waals surface area contributed by atoms with Crippen LogP contribution < -0.4 is 5.32 Å². The Morgan fingerprint density at radius 1 is 1.40 bits per heavy atom. The third-order valence-electron chi connectivity index (χ3n) is 3.31. The molecule has 25 heavy (non-hydrogen) atoms. The van der Waals surface area contributed by atoms with Crippen LogP contribution in [0.2, 0.25) is 0 Å². The van der Waals surface area contributed by atoms with Crippen LogP contribution in [-0.4, -0.2) is 26.0 Å². The highest BCUT2D eigenvalue weighted by molar-refractivity contribution is 7.13. The summed E-state index contributed by atoms with van der Waals surface area (Å²) in [6, 6.07) is 6.94. The van der Waals surface area contributed by atoms with Gasteiger partial charge in [-0.3, -0.25) is 9.78 Å². The van der Waals surface area contributed by atoms with Crippen molar-refractivity contribution in [2.45, 2.75) is 13.0 Å². The molecule has 124 valence electrons. The molecule has 0 aliphatic rings. The zero-order valence-electron chi connectivity index (χ0n) is 13.0. The quantitative estimate of drug-likeness (QED) is 0.727. The predicted molar refractivity (Wildman–Crippen MR) is 91.5 cm³/mol. The van der Waals surface area contributed by atoms with E-state index in [1.807, 2.05) is 18.2 Å². The van der Waals surface area contributed by atoms with Gasteiger partial charge in [0.2, 0.25) is 5.91 Å². The minimum absolute atomic E-state index is 0.110. The number of hydrogen-bond acceptors (Lipinski definition) is 7. The monoisotopic (exact) mass is 351 g/mol. The molecule has 0 bridgehead atoms. The van der Waals surface area contributed by atoms with E-state index in [-0.39, 0.29) is 23.6 Å². The van der Waals surface area contributed by atoms with Crippen molar-refractivity contribution >= 4 is 17.2 Å². The fraction of sp³-hybridized carbons (Fsp3) is 0.118. The van der Waals surface area contributed by atoms with Crippen molar-refractivity contribution in [3.63, 3.8) is 0 Å². The van der Waals surface area contributed by atoms with Crippen LogP contribution in [0, 0.1) is 11.3 Å². The normalized spacial score (nSPS) is 10.2. The van der Waals surface area contributed by atoms with Crippen LogP contribution in [0.15, 0.2) is 42.2 Å². The van der Waals surface area contributed by atoms with Gasteiger partial charge >= 0.3 is 0 Å². The highest BCUT2D eigenvalue weighted by Gasteiger charge is 2.13. The van der Waals surface area contributed by atoms with Gasteiger partial charge in [0, 0.05) is 36.6 Å². The summed E-state index contributed by atoms with van der Waals surface area (Å²) in [5.74, 6) is -0.265. The lowest BCUT2D eigenvalue weighted by Gasteiger charge is -2.03. The second kappa shape index (κ2) is 7.51. The number of nitrogens with zero attached hydrogens (tertiary/aromatic N) is 4. The number of carbonyl (C=O) groups is 1. The first-order chi connectivity index (χ1) is 12.2. The van der Waals surface area contributed by atoms with Gasteiger partial charge in [0.25, 0.3) is 0 Å². The second-order valence-corrected chi connectivity index (χ2v) is 6.02. The molecule has 2 N–H and O–H groups in total. The SMILES string of the molecule is N#Cc1cnc(-c2nc(CC(=O)NCc3cccnc3)cs2)c(O)c1. The molecule has 3 aromatic rings. The van der Waals surface area contributed by atoms with E-state index >= 15 is 0 Å². The molecule has 3 heterocycles. The Morgan fingerprint density at radius 3 is 3.00 bits per heavy atom. The standard InChI is InChI=1S/C17H13N5O2S/c18-6-12-4-14(23)16(21-9-12)17-22-13(10-25-17)5-15(24)20-8-11-2-1-3-19-7-11/h1-4,7,9-10,23H,5,8H2,(H,20,24). The zero-order chi connectivity index (χ0) is 17.6. The van der Waals surface area contributed by atoms with Gasteiger partial charge in [-0.05, 0) is 11.6 Å². The van der Waals surface area contributed by atoms with Gasteiger partial charge in [0.15, 0.2) is 0 Å². The average molecular weight is 351 g/mol. The van der Waals surface area contributed by atoms with Crippen molar-refractivity contribution in [3.05, 3.63) is 59.0 Å². The predicted octanol–water partition coefficient (Wildman–Crippen LogP) is 2.04. The molecule has 7 nitrogen and oxygen atoms in total. The summed E-state index contributed by atoms with van der Waals surface area (Å²) in [6.45, 7) is 0.404. The summed E-state index contributed by atoms with van der Waals surface area (Å²) in [5, 5.41) is 23.8. The zero-order valence-corrected chi connectivity index (χ0v) is 13.8. The minimum Gasteiger partial charge on any atom is -0.506 e. The number of hydrogen-bond donors (Lipinski definition) is 2. The van der Waals surface area contributed by atoms with Gasteiger partial charge in [0.05, 0.1) is 17.7 Å². The molecule has 0 aliphatic carbocycles. The number of thiazole rings is 1. The van der Waals surface area contributed by atoms with Crippen molar-refractivity contribution in [3.8, 4) is 22.5 Å². The summed E-state index contributed by atoms with van der Waals surface area (Å²) < 4.78 is 0. The Bertz CT molecular complexity index is 934. The third-order valence-corrected chi connectivity index (χ3v) is 4.20. The highest BCUT2D eigenvalue weighted by atomic mass is 32.1. The average Bonchev–Trinajstić information content (AvgIpc) is 3.08. The van der Waals surface area contributed by atoms with Gasteiger partial charge in [-0.1, -0.05) is 6.07 Å². The van der Waals surface area contributed by atoms with Gasteiger partial charge in [-0.2, -0.15) is 5.26 Å². The number of nitrogens with one attached hydrogen (secondary N) is 1. The lowest BCUT2D eigenvalue weighted by Crippen LogP contribution is -2.24. The van der Waals surface area contributed by atoms with Crippen molar-refractivity contribution in [1.29, 1.82) is 5.26 Å². The van der Waals surface area contributed by atoms with Crippen LogP contribution in [0.1, 0.15) is 16.8 Å². The van der Waals surface area contributed by atoms with E-state index in [0.29, 0.717) is 22.9 Å². The number of aromatic hydroxyl groups is 1. The van der Waals surface area contributed by atoms with Crippen molar-refractivity contribution in [2.24, 2.45) is 0 Å². The highest BCUT2D eigenvalue weighted by Crippen LogP contribution is 2.30. The van der Waals surface area contributed by atoms with E-state index in [4.69, 9.17) is 5.26 Å². The summed E-state index contributed by atoms with van der Waals surface area (Å²) in [4.78, 5) is 24.4. The molecule has 3 aromatic heterocycles. The fourth-order valence-electron chi connectivity index (χ4n) is 2.11. The maximum Gasteiger partial charge on any atom is 0.226 e. The van der Waals surface area contributed by atoms with Crippen molar-refractivity contribution < 1.29 is 9.90 Å². The number of aromatic nitrogens is 3. The second-order valence-electron chi connectivity index (χ2n) is 5.16. The van der Waals surface area contributed by atoms with Crippen LogP contribution in [0.25, 0.3) is 10.7 Å². The van der Waals surface area contributed by atoms with E-state index in [1.54, 1.807) is 17.8 Å². The van der Waals surface area contributed by atoms with Gasteiger partial charge in [-0.15, -0.1) is 11.3 Å². The van der Waals surface area contributed by atoms with Crippen molar-refractivity contribution in [2.75, 3.05) is 0 Å². The molecular formula is C17H13N5O2S. The van der Waals surface area contributed by atoms with Crippen LogP contribution in [0.3, 0.4) is 0 Å². The Hall–Kier alpha value is -3.31. The molecule has 0 aliphatic heterocycles. The number of nitriles is 1. The van der Waals surface area contributed by atoms with Gasteiger partial charge in [-0.25, -0.2) is 9.97 Å². The number of carbonyl (C=O) groups excluding carboxylic acids is 1. The van der Waals surface area contributed by atoms with E-state index in [1.165, 1.54) is 23.6 Å². The summed E-state index contributed by atoms with van der Waals surface area (Å²) >= 11 is 1.28. The molecule has 0 unspecified atom stereocenters. The molecule has 0 radical (unpaired) electrons. The van der Waals surface area contributed by atoms with E-state index in [2.05, 4.69) is 20.3 Å². The topological polar surface area (TPSA) is 112 Å². The number of amides is 1. The molecule has 0 spiro atoms. The van der Waals surface area contributed by atoms with E-state index in [9.17, 15) is 9.90 Å². The summed E-state index contributed by atoms with van der Waals surface area (Å²) in [6.07, 6.45) is 4.87. The van der Waals surface area contributed by atoms with Gasteiger partial charge in [0.1, 0.15) is 22.5 Å². The van der Waals surface area contributed by atoms with Crippen LogP contribution in [0.4, 0.5) is 0 Å². The number of rotatable bonds is 5. The molecule has 0 atom stereocenters. The van der Waals surface area contributed by atoms with E-state index < -0.39 is 0 Å². The smallest absolute Gasteiger partial charge is 0.226 e.